The van der Waals surface area contributed by atoms with Crippen LogP contribution in [0.15, 0.2) is 70.5 Å². The Bertz CT molecular complexity index is 915. The average molecular weight is 478 g/mol. The largest absolute Gasteiger partial charge is 0.450 e. The molecule has 0 aliphatic heterocycles. The molecular weight excluding hydrogens is 468 g/mol. The predicted octanol–water partition coefficient (Wildman–Crippen LogP) is 4.28. The first kappa shape index (κ1) is 23.0. The van der Waals surface area contributed by atoms with Gasteiger partial charge in [0.15, 0.2) is 0 Å². The van der Waals surface area contributed by atoms with Crippen LogP contribution >= 0.6 is 24.1 Å². The summed E-state index contributed by atoms with van der Waals surface area (Å²) in [6.45, 7) is 0. The first-order chi connectivity index (χ1) is 12.9. The summed E-state index contributed by atoms with van der Waals surface area (Å²) in [4.78, 5) is 0.00728. The van der Waals surface area contributed by atoms with Gasteiger partial charge in [-0.25, -0.2) is 0 Å². The van der Waals surface area contributed by atoms with E-state index < -0.39 is 30.7 Å². The lowest BCUT2D eigenvalue weighted by molar-refractivity contribution is -0.103. The molecule has 0 N–H and O–H groups in total. The summed E-state index contributed by atoms with van der Waals surface area (Å²) >= 11 is -0.302. The number of hydrogen-bond donors (Lipinski definition) is 0. The van der Waals surface area contributed by atoms with Gasteiger partial charge in [0.05, 0.1) is 0 Å². The van der Waals surface area contributed by atoms with Gasteiger partial charge in [-0.05, 0) is 24.3 Å². The molecule has 0 unspecified atom stereocenters. The predicted molar refractivity (Wildman–Crippen MR) is 94.5 cm³/mol. The maximum absolute atomic E-state index is 14.0. The lowest BCUT2D eigenvalue weighted by atomic mass is 10.4. The van der Waals surface area contributed by atoms with E-state index in [1.807, 2.05) is 0 Å². The zero-order chi connectivity index (χ0) is 21.1. The van der Waals surface area contributed by atoms with Crippen LogP contribution in [0.4, 0.5) is 17.6 Å². The molecule has 2 aromatic carbocycles. The summed E-state index contributed by atoms with van der Waals surface area (Å²) in [6, 6.07) is 13.7. The Hall–Kier alpha value is -1.32. The molecule has 0 aliphatic carbocycles. The van der Waals surface area contributed by atoms with Crippen LogP contribution < -0.4 is 0 Å². The normalized spacial score (nSPS) is 13.4. The lowest BCUT2D eigenvalue weighted by Gasteiger charge is -2.23. The molecule has 0 radical (unpaired) electrons. The molecule has 28 heavy (non-hydrogen) atoms. The maximum atomic E-state index is 14.0. The van der Waals surface area contributed by atoms with Crippen molar-refractivity contribution in [2.24, 2.45) is 0 Å². The lowest BCUT2D eigenvalue weighted by Crippen LogP contribution is -2.52. The summed E-state index contributed by atoms with van der Waals surface area (Å²) in [5.41, 5.74) is 0. The molecule has 0 amide bonds. The van der Waals surface area contributed by atoms with Crippen LogP contribution in [0.5, 0.6) is 0 Å². The Morgan fingerprint density at radius 3 is 1.18 bits per heavy atom. The van der Waals surface area contributed by atoms with Crippen LogP contribution in [-0.2, 0) is 27.5 Å². The van der Waals surface area contributed by atoms with Crippen LogP contribution in [0.2, 0.25) is 0 Å². The van der Waals surface area contributed by atoms with E-state index >= 15 is 0 Å². The standard InChI is InChI=1S/C14H10F4O6S4/c15-13(16,27(19,20)23-25-11-7-3-1-4-8-11)14(17,18)28(21,22)24-26-12-9-5-2-6-10-12/h1-10H. The van der Waals surface area contributed by atoms with Crippen LogP contribution in [0.3, 0.4) is 0 Å². The molecule has 0 fully saturated rings. The van der Waals surface area contributed by atoms with Gasteiger partial charge in [-0.3, -0.25) is 0 Å². The summed E-state index contributed by atoms with van der Waals surface area (Å²) in [7, 11) is -12.7. The molecule has 0 atom stereocenters. The highest BCUT2D eigenvalue weighted by Crippen LogP contribution is 2.46. The second-order valence-electron chi connectivity index (χ2n) is 4.87. The molecule has 0 saturated carbocycles. The minimum atomic E-state index is -6.37. The highest BCUT2D eigenvalue weighted by atomic mass is 32.3. The van der Waals surface area contributed by atoms with Gasteiger partial charge < -0.3 is 0 Å². The molecule has 0 aromatic heterocycles. The van der Waals surface area contributed by atoms with Crippen LogP contribution in [0, 0.1) is 0 Å². The molecule has 0 saturated heterocycles. The Balaban J connectivity index is 2.20. The van der Waals surface area contributed by atoms with E-state index in [2.05, 4.69) is 7.26 Å². The van der Waals surface area contributed by atoms with Gasteiger partial charge in [0.25, 0.3) is 0 Å². The van der Waals surface area contributed by atoms with Gasteiger partial charge in [-0.1, -0.05) is 36.4 Å². The van der Waals surface area contributed by atoms with Crippen molar-refractivity contribution in [3.8, 4) is 0 Å². The van der Waals surface area contributed by atoms with Crippen molar-refractivity contribution in [1.82, 2.24) is 0 Å². The zero-order valence-corrected chi connectivity index (χ0v) is 16.6. The summed E-state index contributed by atoms with van der Waals surface area (Å²) in [5.74, 6) is 0. The molecule has 0 aliphatic rings. The second kappa shape index (κ2) is 8.59. The minimum Gasteiger partial charge on any atom is -0.192 e. The fourth-order valence-electron chi connectivity index (χ4n) is 1.50. The van der Waals surface area contributed by atoms with E-state index in [1.54, 1.807) is 0 Å². The van der Waals surface area contributed by atoms with Crippen molar-refractivity contribution in [3.05, 3.63) is 60.7 Å². The fourth-order valence-corrected chi connectivity index (χ4v) is 5.26. The van der Waals surface area contributed by atoms with E-state index in [0.717, 1.165) is 0 Å². The number of alkyl halides is 4. The van der Waals surface area contributed by atoms with E-state index in [1.165, 1.54) is 60.7 Å². The summed E-state index contributed by atoms with van der Waals surface area (Å²) < 4.78 is 110. The molecular formula is C14H10F4O6S4. The molecule has 14 heteroatoms. The minimum absolute atomic E-state index is 0.00364. The van der Waals surface area contributed by atoms with Crippen molar-refractivity contribution in [2.75, 3.05) is 0 Å². The summed E-state index contributed by atoms with van der Waals surface area (Å²) in [6.07, 6.45) is 0. The molecule has 2 rings (SSSR count). The molecule has 0 bridgehead atoms. The van der Waals surface area contributed by atoms with Gasteiger partial charge in [0.2, 0.25) is 0 Å². The van der Waals surface area contributed by atoms with Crippen LogP contribution in [0.1, 0.15) is 0 Å². The van der Waals surface area contributed by atoms with E-state index in [0.29, 0.717) is 0 Å². The Morgan fingerprint density at radius 2 is 0.893 bits per heavy atom. The Labute approximate surface area is 166 Å². The maximum Gasteiger partial charge on any atom is 0.450 e. The van der Waals surface area contributed by atoms with Gasteiger partial charge in [0, 0.05) is 33.9 Å². The molecule has 2 aromatic rings. The molecule has 6 nitrogen and oxygen atoms in total. The monoisotopic (exact) mass is 478 g/mol. The third kappa shape index (κ3) is 4.80. The van der Waals surface area contributed by atoms with Gasteiger partial charge in [-0.2, -0.15) is 41.7 Å². The third-order valence-corrected chi connectivity index (χ3v) is 7.70. The van der Waals surface area contributed by atoms with Crippen LogP contribution in [-0.4, -0.2) is 27.3 Å². The first-order valence-electron chi connectivity index (χ1n) is 6.98. The van der Waals surface area contributed by atoms with Crippen molar-refractivity contribution in [3.63, 3.8) is 0 Å². The Morgan fingerprint density at radius 1 is 0.607 bits per heavy atom. The van der Waals surface area contributed by atoms with E-state index in [-0.39, 0.29) is 33.9 Å². The molecule has 154 valence electrons. The SMILES string of the molecule is O=S(=O)(OSc1ccccc1)C(F)(F)C(F)(F)S(=O)(=O)OSc1ccccc1. The number of rotatable bonds is 9. The topological polar surface area (TPSA) is 86.7 Å². The number of halogens is 4. The third-order valence-electron chi connectivity index (χ3n) is 2.89. The number of benzene rings is 2. The summed E-state index contributed by atoms with van der Waals surface area (Å²) in [5, 5.41) is -12.3. The zero-order valence-electron chi connectivity index (χ0n) is 13.4. The Kier molecular flexibility index (Phi) is 7.04. The van der Waals surface area contributed by atoms with Crippen molar-refractivity contribution in [1.29, 1.82) is 0 Å². The fraction of sp³-hybridized carbons (Fsp3) is 0.143. The first-order valence-corrected chi connectivity index (χ1v) is 11.3. The van der Waals surface area contributed by atoms with Crippen molar-refractivity contribution >= 4 is 44.3 Å². The highest BCUT2D eigenvalue weighted by Gasteiger charge is 2.75. The second-order valence-corrected chi connectivity index (χ2v) is 10.1. The van der Waals surface area contributed by atoms with E-state index in [9.17, 15) is 34.4 Å². The van der Waals surface area contributed by atoms with E-state index in [4.69, 9.17) is 0 Å². The van der Waals surface area contributed by atoms with Crippen molar-refractivity contribution < 1.29 is 41.7 Å². The molecule has 0 spiro atoms. The van der Waals surface area contributed by atoms with Crippen LogP contribution in [0.25, 0.3) is 0 Å². The quantitative estimate of drug-likeness (QED) is 0.390. The molecule has 0 heterocycles. The number of hydrogen-bond acceptors (Lipinski definition) is 8. The average Bonchev–Trinajstić information content (AvgIpc) is 2.66. The van der Waals surface area contributed by atoms with Gasteiger partial charge >= 0.3 is 30.7 Å². The van der Waals surface area contributed by atoms with Gasteiger partial charge in [0.1, 0.15) is 0 Å². The smallest absolute Gasteiger partial charge is 0.192 e. The van der Waals surface area contributed by atoms with Gasteiger partial charge in [-0.15, -0.1) is 0 Å². The highest BCUT2D eigenvalue weighted by molar-refractivity contribution is 8.06. The van der Waals surface area contributed by atoms with Crippen molar-refractivity contribution in [2.45, 2.75) is 20.3 Å².